The molecule has 84 valence electrons. The number of anilines is 1. The maximum absolute atomic E-state index is 5.74. The fourth-order valence-corrected chi connectivity index (χ4v) is 1.48. The Kier molecular flexibility index (Phi) is 2.60. The normalized spacial score (nSPS) is 18.7. The van der Waals surface area contributed by atoms with E-state index < -0.39 is 12.7 Å². The van der Waals surface area contributed by atoms with Gasteiger partial charge in [0.05, 0.1) is 11.4 Å². The minimum absolute atomic E-state index is 0.278. The number of pyridine rings is 1. The SMILES string of the molecule is C=C1OB(c2cnc(Cl)c(N)c2)OC1(C)C. The Hall–Kier alpha value is -1.20. The molecule has 1 saturated heterocycles. The molecular formula is C10H12BClN2O2. The summed E-state index contributed by atoms with van der Waals surface area (Å²) in [5.74, 6) is 0.589. The standard InChI is InChI=1S/C10H12BClN2O2/c1-6-10(2,3)16-11(15-6)7-4-8(13)9(12)14-5-7/h4-5H,1,13H2,2-3H3. The van der Waals surface area contributed by atoms with Gasteiger partial charge in [0.25, 0.3) is 0 Å². The lowest BCUT2D eigenvalue weighted by atomic mass is 9.80. The van der Waals surface area contributed by atoms with Crippen LogP contribution in [-0.4, -0.2) is 17.7 Å². The molecule has 0 amide bonds. The van der Waals surface area contributed by atoms with Crippen molar-refractivity contribution in [3.8, 4) is 0 Å². The maximum atomic E-state index is 5.74. The average molecular weight is 238 g/mol. The molecule has 2 N–H and O–H groups in total. The minimum atomic E-state index is -0.519. The smallest absolute Gasteiger partial charge is 0.534 e. The van der Waals surface area contributed by atoms with Gasteiger partial charge in [0.15, 0.2) is 5.15 Å². The van der Waals surface area contributed by atoms with Crippen molar-refractivity contribution in [2.45, 2.75) is 19.4 Å². The van der Waals surface area contributed by atoms with Crippen molar-refractivity contribution in [3.05, 3.63) is 29.8 Å². The third-order valence-electron chi connectivity index (χ3n) is 2.48. The van der Waals surface area contributed by atoms with Crippen LogP contribution < -0.4 is 11.2 Å². The average Bonchev–Trinajstić information content (AvgIpc) is 2.46. The molecule has 4 nitrogen and oxygen atoms in total. The fourth-order valence-electron chi connectivity index (χ4n) is 1.38. The predicted molar refractivity (Wildman–Crippen MR) is 64.4 cm³/mol. The zero-order valence-electron chi connectivity index (χ0n) is 9.16. The first-order valence-corrected chi connectivity index (χ1v) is 5.23. The monoisotopic (exact) mass is 238 g/mol. The summed E-state index contributed by atoms with van der Waals surface area (Å²) in [6.45, 7) is 7.58. The summed E-state index contributed by atoms with van der Waals surface area (Å²) < 4.78 is 11.2. The van der Waals surface area contributed by atoms with E-state index in [9.17, 15) is 0 Å². The van der Waals surface area contributed by atoms with Gasteiger partial charge in [0, 0.05) is 11.7 Å². The lowest BCUT2D eigenvalue weighted by Gasteiger charge is -2.15. The highest BCUT2D eigenvalue weighted by Gasteiger charge is 2.43. The molecule has 0 bridgehead atoms. The van der Waals surface area contributed by atoms with Gasteiger partial charge in [0.1, 0.15) is 5.60 Å². The van der Waals surface area contributed by atoms with Crippen molar-refractivity contribution in [1.82, 2.24) is 4.98 Å². The number of hydrogen-bond acceptors (Lipinski definition) is 4. The van der Waals surface area contributed by atoms with Crippen molar-refractivity contribution in [3.63, 3.8) is 0 Å². The molecule has 6 heteroatoms. The molecule has 1 aliphatic heterocycles. The summed E-state index contributed by atoms with van der Waals surface area (Å²) >= 11 is 5.74. The molecule has 1 fully saturated rings. The molecule has 0 saturated carbocycles. The van der Waals surface area contributed by atoms with Gasteiger partial charge in [0.2, 0.25) is 0 Å². The zero-order valence-corrected chi connectivity index (χ0v) is 9.91. The molecule has 1 aromatic heterocycles. The molecule has 2 heterocycles. The van der Waals surface area contributed by atoms with Crippen LogP contribution in [0.3, 0.4) is 0 Å². The van der Waals surface area contributed by atoms with Gasteiger partial charge < -0.3 is 15.0 Å². The molecule has 2 rings (SSSR count). The number of aromatic nitrogens is 1. The van der Waals surface area contributed by atoms with E-state index in [0.29, 0.717) is 11.4 Å². The van der Waals surface area contributed by atoms with Crippen LogP contribution in [0.2, 0.25) is 5.15 Å². The fraction of sp³-hybridized carbons (Fsp3) is 0.300. The van der Waals surface area contributed by atoms with Crippen LogP contribution in [0.15, 0.2) is 24.6 Å². The molecule has 0 radical (unpaired) electrons. The van der Waals surface area contributed by atoms with E-state index in [2.05, 4.69) is 11.6 Å². The Morgan fingerprint density at radius 3 is 2.75 bits per heavy atom. The summed E-state index contributed by atoms with van der Waals surface area (Å²) in [5, 5.41) is 0.278. The topological polar surface area (TPSA) is 57.4 Å². The highest BCUT2D eigenvalue weighted by molar-refractivity contribution is 6.62. The summed E-state index contributed by atoms with van der Waals surface area (Å²) in [7, 11) is -0.519. The Morgan fingerprint density at radius 2 is 2.25 bits per heavy atom. The third kappa shape index (κ3) is 1.88. The Bertz CT molecular complexity index is 450. The number of rotatable bonds is 1. The molecular weight excluding hydrogens is 226 g/mol. The molecule has 0 atom stereocenters. The van der Waals surface area contributed by atoms with E-state index in [4.69, 9.17) is 26.6 Å². The molecule has 0 unspecified atom stereocenters. The maximum Gasteiger partial charge on any atom is 0.565 e. The van der Waals surface area contributed by atoms with Crippen LogP contribution in [0.25, 0.3) is 0 Å². The lowest BCUT2D eigenvalue weighted by molar-refractivity contribution is 0.173. The highest BCUT2D eigenvalue weighted by Crippen LogP contribution is 2.29. The van der Waals surface area contributed by atoms with E-state index in [1.807, 2.05) is 13.8 Å². The van der Waals surface area contributed by atoms with E-state index in [0.717, 1.165) is 5.46 Å². The number of nitrogen functional groups attached to an aromatic ring is 1. The quantitative estimate of drug-likeness (QED) is 0.593. The van der Waals surface area contributed by atoms with E-state index in [1.165, 1.54) is 0 Å². The number of hydrogen-bond donors (Lipinski definition) is 1. The van der Waals surface area contributed by atoms with Crippen LogP contribution in [0, 0.1) is 0 Å². The van der Waals surface area contributed by atoms with Gasteiger partial charge in [-0.1, -0.05) is 18.2 Å². The molecule has 1 aromatic rings. The van der Waals surface area contributed by atoms with Crippen LogP contribution >= 0.6 is 11.6 Å². The van der Waals surface area contributed by atoms with E-state index >= 15 is 0 Å². The largest absolute Gasteiger partial charge is 0.565 e. The highest BCUT2D eigenvalue weighted by atomic mass is 35.5. The van der Waals surface area contributed by atoms with Crippen LogP contribution in [0.1, 0.15) is 13.8 Å². The Labute approximate surface area is 99.5 Å². The number of nitrogens with two attached hydrogens (primary N) is 1. The van der Waals surface area contributed by atoms with E-state index in [1.54, 1.807) is 12.3 Å². The Morgan fingerprint density at radius 1 is 1.56 bits per heavy atom. The van der Waals surface area contributed by atoms with Crippen molar-refractivity contribution in [1.29, 1.82) is 0 Å². The van der Waals surface area contributed by atoms with Gasteiger partial charge in [-0.2, -0.15) is 0 Å². The van der Waals surface area contributed by atoms with Gasteiger partial charge in [-0.05, 0) is 19.9 Å². The first-order chi connectivity index (χ1) is 7.40. The second-order valence-corrected chi connectivity index (χ2v) is 4.51. The third-order valence-corrected chi connectivity index (χ3v) is 2.80. The van der Waals surface area contributed by atoms with Gasteiger partial charge >= 0.3 is 7.12 Å². The van der Waals surface area contributed by atoms with Gasteiger partial charge in [-0.15, -0.1) is 0 Å². The van der Waals surface area contributed by atoms with Crippen LogP contribution in [-0.2, 0) is 9.31 Å². The van der Waals surface area contributed by atoms with Crippen LogP contribution in [0.5, 0.6) is 0 Å². The van der Waals surface area contributed by atoms with Crippen molar-refractivity contribution in [2.75, 3.05) is 5.73 Å². The number of nitrogens with zero attached hydrogens (tertiary/aromatic N) is 1. The molecule has 1 aliphatic rings. The molecule has 0 spiro atoms. The second kappa shape index (κ2) is 3.68. The number of halogens is 1. The second-order valence-electron chi connectivity index (χ2n) is 4.15. The van der Waals surface area contributed by atoms with Gasteiger partial charge in [-0.25, -0.2) is 4.98 Å². The summed E-state index contributed by atoms with van der Waals surface area (Å²) in [4.78, 5) is 3.95. The molecule has 0 aliphatic carbocycles. The van der Waals surface area contributed by atoms with Crippen molar-refractivity contribution < 1.29 is 9.31 Å². The van der Waals surface area contributed by atoms with Crippen molar-refractivity contribution >= 4 is 29.9 Å². The van der Waals surface area contributed by atoms with Crippen LogP contribution in [0.4, 0.5) is 5.69 Å². The lowest BCUT2D eigenvalue weighted by Crippen LogP contribution is -2.35. The predicted octanol–water partition coefficient (Wildman–Crippen LogP) is 1.35. The minimum Gasteiger partial charge on any atom is -0.534 e. The summed E-state index contributed by atoms with van der Waals surface area (Å²) in [6.07, 6.45) is 1.58. The first kappa shape index (κ1) is 11.3. The van der Waals surface area contributed by atoms with Crippen molar-refractivity contribution in [2.24, 2.45) is 0 Å². The van der Waals surface area contributed by atoms with E-state index in [-0.39, 0.29) is 5.15 Å². The summed E-state index contributed by atoms with van der Waals surface area (Å²) in [6, 6.07) is 1.69. The van der Waals surface area contributed by atoms with Gasteiger partial charge in [-0.3, -0.25) is 0 Å². The summed E-state index contributed by atoms with van der Waals surface area (Å²) in [5.41, 5.74) is 6.30. The molecule has 0 aromatic carbocycles. The molecule has 16 heavy (non-hydrogen) atoms. The Balaban J connectivity index is 2.27. The first-order valence-electron chi connectivity index (χ1n) is 4.85. The zero-order chi connectivity index (χ0) is 11.9.